The number of nitrogen functional groups attached to an aromatic ring is 1. The van der Waals surface area contributed by atoms with Gasteiger partial charge in [-0.15, -0.1) is 12.4 Å². The summed E-state index contributed by atoms with van der Waals surface area (Å²) in [6, 6.07) is 5.91. The first-order valence-electron chi connectivity index (χ1n) is 6.45. The molecule has 3 N–H and O–H groups in total. The number of nitrogens with zero attached hydrogens (tertiary/aromatic N) is 1. The maximum Gasteiger partial charge on any atom is 0.208 e. The second-order valence-corrected chi connectivity index (χ2v) is 6.30. The van der Waals surface area contributed by atoms with Crippen molar-refractivity contribution in [1.82, 2.24) is 4.72 Å². The van der Waals surface area contributed by atoms with Gasteiger partial charge in [-0.1, -0.05) is 0 Å². The average Bonchev–Trinajstić information content (AvgIpc) is 2.32. The van der Waals surface area contributed by atoms with Crippen LogP contribution in [-0.4, -0.2) is 34.3 Å². The van der Waals surface area contributed by atoms with Crippen LogP contribution in [0.5, 0.6) is 0 Å². The second kappa shape index (κ2) is 8.34. The fraction of sp³-hybridized carbons (Fsp3) is 0.538. The van der Waals surface area contributed by atoms with E-state index in [9.17, 15) is 8.42 Å². The number of halogens is 1. The molecule has 0 fully saturated rings. The molecule has 0 aliphatic carbocycles. The van der Waals surface area contributed by atoms with E-state index in [1.54, 1.807) is 0 Å². The largest absolute Gasteiger partial charge is 0.399 e. The summed E-state index contributed by atoms with van der Waals surface area (Å²) in [4.78, 5) is 2.23. The molecule has 0 atom stereocenters. The monoisotopic (exact) mass is 321 g/mol. The highest BCUT2D eigenvalue weighted by molar-refractivity contribution is 7.88. The van der Waals surface area contributed by atoms with Crippen LogP contribution >= 0.6 is 12.4 Å². The molecule has 20 heavy (non-hydrogen) atoms. The number of rotatable bonds is 7. The van der Waals surface area contributed by atoms with Crippen LogP contribution in [0.3, 0.4) is 0 Å². The Morgan fingerprint density at radius 3 is 2.35 bits per heavy atom. The first kappa shape index (κ1) is 19.0. The van der Waals surface area contributed by atoms with E-state index in [1.807, 2.05) is 18.2 Å². The van der Waals surface area contributed by atoms with Crippen LogP contribution in [-0.2, 0) is 16.4 Å². The Bertz CT molecular complexity index is 516. The Labute approximate surface area is 128 Å². The van der Waals surface area contributed by atoms with E-state index in [0.29, 0.717) is 18.7 Å². The predicted octanol–water partition coefficient (Wildman–Crippen LogP) is 1.63. The van der Waals surface area contributed by atoms with Gasteiger partial charge in [0.15, 0.2) is 0 Å². The van der Waals surface area contributed by atoms with Crippen molar-refractivity contribution >= 4 is 33.8 Å². The number of sulfonamides is 1. The lowest BCUT2D eigenvalue weighted by Crippen LogP contribution is -2.25. The molecule has 0 aromatic heterocycles. The molecule has 0 heterocycles. The van der Waals surface area contributed by atoms with E-state index in [4.69, 9.17) is 5.73 Å². The molecule has 0 saturated carbocycles. The second-order valence-electron chi connectivity index (χ2n) is 4.47. The number of hydrogen-bond acceptors (Lipinski definition) is 4. The van der Waals surface area contributed by atoms with Crippen LogP contribution in [0.2, 0.25) is 0 Å². The highest BCUT2D eigenvalue weighted by Crippen LogP contribution is 2.21. The first-order valence-corrected chi connectivity index (χ1v) is 8.34. The molecule has 0 aliphatic heterocycles. The number of nitrogens with two attached hydrogens (primary N) is 1. The zero-order valence-corrected chi connectivity index (χ0v) is 13.9. The van der Waals surface area contributed by atoms with Gasteiger partial charge in [-0.2, -0.15) is 0 Å². The zero-order valence-electron chi connectivity index (χ0n) is 12.2. The quantitative estimate of drug-likeness (QED) is 0.748. The van der Waals surface area contributed by atoms with Gasteiger partial charge >= 0.3 is 0 Å². The smallest absolute Gasteiger partial charge is 0.208 e. The Morgan fingerprint density at radius 2 is 1.85 bits per heavy atom. The van der Waals surface area contributed by atoms with Crippen LogP contribution in [0, 0.1) is 0 Å². The lowest BCUT2D eigenvalue weighted by atomic mass is 10.1. The number of benzene rings is 1. The van der Waals surface area contributed by atoms with E-state index in [0.717, 1.165) is 30.6 Å². The summed E-state index contributed by atoms with van der Waals surface area (Å²) in [7, 11) is -3.14. The molecule has 1 rings (SSSR count). The molecule has 0 aliphatic rings. The summed E-state index contributed by atoms with van der Waals surface area (Å²) in [6.45, 7) is 6.43. The van der Waals surface area contributed by atoms with Gasteiger partial charge in [-0.25, -0.2) is 13.1 Å². The van der Waals surface area contributed by atoms with Gasteiger partial charge in [0.1, 0.15) is 0 Å². The van der Waals surface area contributed by atoms with Gasteiger partial charge in [0, 0.05) is 31.0 Å². The molecule has 0 bridgehead atoms. The van der Waals surface area contributed by atoms with E-state index in [2.05, 4.69) is 23.5 Å². The van der Waals surface area contributed by atoms with E-state index in [1.165, 1.54) is 0 Å². The normalized spacial score (nSPS) is 10.9. The van der Waals surface area contributed by atoms with Gasteiger partial charge in [-0.05, 0) is 44.0 Å². The Morgan fingerprint density at radius 1 is 1.25 bits per heavy atom. The lowest BCUT2D eigenvalue weighted by molar-refractivity contribution is 0.588. The average molecular weight is 322 g/mol. The molecule has 116 valence electrons. The van der Waals surface area contributed by atoms with Gasteiger partial charge in [-0.3, -0.25) is 0 Å². The van der Waals surface area contributed by atoms with E-state index >= 15 is 0 Å². The molecule has 0 unspecified atom stereocenters. The van der Waals surface area contributed by atoms with Crippen LogP contribution < -0.4 is 15.4 Å². The SMILES string of the molecule is CCN(CC)c1ccc(N)c(CCNS(C)(=O)=O)c1.Cl. The van der Waals surface area contributed by atoms with Crippen LogP contribution in [0.4, 0.5) is 11.4 Å². The fourth-order valence-corrected chi connectivity index (χ4v) is 2.44. The highest BCUT2D eigenvalue weighted by Gasteiger charge is 2.07. The number of hydrogen-bond donors (Lipinski definition) is 2. The Balaban J connectivity index is 0.00000361. The third kappa shape index (κ3) is 5.98. The molecule has 7 heteroatoms. The summed E-state index contributed by atoms with van der Waals surface area (Å²) < 4.78 is 24.5. The van der Waals surface area contributed by atoms with Crippen LogP contribution in [0.15, 0.2) is 18.2 Å². The Hall–Kier alpha value is -0.980. The van der Waals surface area contributed by atoms with Crippen molar-refractivity contribution in [2.45, 2.75) is 20.3 Å². The van der Waals surface area contributed by atoms with Crippen molar-refractivity contribution in [3.63, 3.8) is 0 Å². The highest BCUT2D eigenvalue weighted by atomic mass is 35.5. The van der Waals surface area contributed by atoms with Crippen molar-refractivity contribution in [3.8, 4) is 0 Å². The van der Waals surface area contributed by atoms with Gasteiger partial charge in [0.05, 0.1) is 6.26 Å². The van der Waals surface area contributed by atoms with Crippen molar-refractivity contribution < 1.29 is 8.42 Å². The van der Waals surface area contributed by atoms with E-state index in [-0.39, 0.29) is 12.4 Å². The number of nitrogens with one attached hydrogen (secondary N) is 1. The van der Waals surface area contributed by atoms with Crippen LogP contribution in [0.1, 0.15) is 19.4 Å². The maximum absolute atomic E-state index is 11.0. The molecular weight excluding hydrogens is 298 g/mol. The summed E-state index contributed by atoms with van der Waals surface area (Å²) in [5.74, 6) is 0. The maximum atomic E-state index is 11.0. The fourth-order valence-electron chi connectivity index (χ4n) is 1.97. The summed E-state index contributed by atoms with van der Waals surface area (Å²) in [6.07, 6.45) is 1.75. The first-order chi connectivity index (χ1) is 8.87. The molecular formula is C13H24ClN3O2S. The predicted molar refractivity (Wildman–Crippen MR) is 88.2 cm³/mol. The van der Waals surface area contributed by atoms with Gasteiger partial charge in [0.25, 0.3) is 0 Å². The minimum atomic E-state index is -3.14. The van der Waals surface area contributed by atoms with Crippen LogP contribution in [0.25, 0.3) is 0 Å². The minimum absolute atomic E-state index is 0. The topological polar surface area (TPSA) is 75.4 Å². The zero-order chi connectivity index (χ0) is 14.5. The molecule has 0 amide bonds. The van der Waals surface area contributed by atoms with Gasteiger partial charge < -0.3 is 10.6 Å². The van der Waals surface area contributed by atoms with Crippen molar-refractivity contribution in [3.05, 3.63) is 23.8 Å². The van der Waals surface area contributed by atoms with E-state index < -0.39 is 10.0 Å². The summed E-state index contributed by atoms with van der Waals surface area (Å²) in [5, 5.41) is 0. The minimum Gasteiger partial charge on any atom is -0.399 e. The third-order valence-electron chi connectivity index (χ3n) is 3.01. The molecule has 5 nitrogen and oxygen atoms in total. The summed E-state index contributed by atoms with van der Waals surface area (Å²) >= 11 is 0. The standard InChI is InChI=1S/C13H23N3O2S.ClH/c1-4-16(5-2)12-6-7-13(14)11(10-12)8-9-15-19(3,17)18;/h6-7,10,15H,4-5,8-9,14H2,1-3H3;1H. The molecule has 1 aromatic carbocycles. The van der Waals surface area contributed by atoms with Crippen molar-refractivity contribution in [2.75, 3.05) is 36.5 Å². The summed E-state index contributed by atoms with van der Waals surface area (Å²) in [5.41, 5.74) is 8.72. The molecule has 1 aromatic rings. The van der Waals surface area contributed by atoms with Crippen molar-refractivity contribution in [1.29, 1.82) is 0 Å². The molecule has 0 saturated heterocycles. The molecule has 0 radical (unpaired) electrons. The third-order valence-corrected chi connectivity index (χ3v) is 3.74. The number of anilines is 2. The van der Waals surface area contributed by atoms with Crippen molar-refractivity contribution in [2.24, 2.45) is 0 Å². The van der Waals surface area contributed by atoms with Gasteiger partial charge in [0.2, 0.25) is 10.0 Å². The lowest BCUT2D eigenvalue weighted by Gasteiger charge is -2.22. The Kier molecular flexibility index (Phi) is 7.93. The molecule has 0 spiro atoms.